The molecule has 1 aromatic heterocycles. The topological polar surface area (TPSA) is 94.1 Å². The molecule has 0 aliphatic heterocycles. The van der Waals surface area contributed by atoms with Gasteiger partial charge in [-0.1, -0.05) is 19.8 Å². The summed E-state index contributed by atoms with van der Waals surface area (Å²) >= 11 is 0. The van der Waals surface area contributed by atoms with Gasteiger partial charge in [0.1, 0.15) is 0 Å². The molecule has 0 spiro atoms. The Kier molecular flexibility index (Phi) is 5.05. The van der Waals surface area contributed by atoms with Crippen molar-refractivity contribution >= 4 is 22.1 Å². The third-order valence-electron chi connectivity index (χ3n) is 3.54. The van der Waals surface area contributed by atoms with Gasteiger partial charge in [-0.05, 0) is 18.6 Å². The molecule has 1 atom stereocenters. The third kappa shape index (κ3) is 3.46. The molecule has 2 aromatic rings. The summed E-state index contributed by atoms with van der Waals surface area (Å²) in [5.41, 5.74) is 6.73. The maximum atomic E-state index is 11.1. The lowest BCUT2D eigenvalue weighted by atomic mass is 10.1. The fraction of sp³-hybridized carbons (Fsp3) is 0.400. The van der Waals surface area contributed by atoms with Crippen molar-refractivity contribution in [1.29, 1.82) is 0 Å². The Bertz CT molecular complexity index is 630. The van der Waals surface area contributed by atoms with Crippen molar-refractivity contribution in [3.05, 3.63) is 40.7 Å². The van der Waals surface area contributed by atoms with Gasteiger partial charge in [-0.15, -0.1) is 0 Å². The van der Waals surface area contributed by atoms with Gasteiger partial charge in [-0.25, -0.2) is 0 Å². The number of benzene rings is 1. The van der Waals surface area contributed by atoms with Gasteiger partial charge in [0.15, 0.2) is 0 Å². The van der Waals surface area contributed by atoms with Crippen LogP contribution in [-0.2, 0) is 0 Å². The van der Waals surface area contributed by atoms with E-state index in [9.17, 15) is 10.1 Å². The number of nitro groups is 1. The molecule has 0 aliphatic rings. The van der Waals surface area contributed by atoms with Crippen LogP contribution >= 0.6 is 0 Å². The Labute approximate surface area is 123 Å². The number of nitrogens with one attached hydrogen (secondary N) is 1. The first kappa shape index (κ1) is 15.2. The highest BCUT2D eigenvalue weighted by Gasteiger charge is 2.15. The lowest BCUT2D eigenvalue weighted by Crippen LogP contribution is -2.28. The van der Waals surface area contributed by atoms with Gasteiger partial charge in [-0.2, -0.15) is 0 Å². The molecule has 0 saturated heterocycles. The summed E-state index contributed by atoms with van der Waals surface area (Å²) in [6.07, 6.45) is 6.40. The number of pyridine rings is 1. The summed E-state index contributed by atoms with van der Waals surface area (Å²) in [5, 5.41) is 15.8. The van der Waals surface area contributed by atoms with E-state index in [1.165, 1.54) is 6.07 Å². The van der Waals surface area contributed by atoms with E-state index >= 15 is 0 Å². The molecule has 1 unspecified atom stereocenters. The maximum Gasteiger partial charge on any atom is 0.277 e. The van der Waals surface area contributed by atoms with Crippen molar-refractivity contribution in [2.45, 2.75) is 32.2 Å². The Morgan fingerprint density at radius 2 is 2.19 bits per heavy atom. The Balaban J connectivity index is 2.36. The lowest BCUT2D eigenvalue weighted by molar-refractivity contribution is -0.383. The molecule has 2 rings (SSSR count). The number of anilines is 1. The van der Waals surface area contributed by atoms with Crippen LogP contribution in [0.25, 0.3) is 10.8 Å². The zero-order valence-electron chi connectivity index (χ0n) is 12.1. The fourth-order valence-electron chi connectivity index (χ4n) is 2.38. The number of nitro benzene ring substituents is 1. The molecule has 0 saturated carbocycles. The van der Waals surface area contributed by atoms with E-state index in [2.05, 4.69) is 17.2 Å². The second-order valence-electron chi connectivity index (χ2n) is 5.03. The van der Waals surface area contributed by atoms with Crippen LogP contribution in [0.2, 0.25) is 0 Å². The van der Waals surface area contributed by atoms with Crippen LogP contribution in [0, 0.1) is 10.1 Å². The van der Waals surface area contributed by atoms with Crippen LogP contribution in [0.15, 0.2) is 30.6 Å². The maximum absolute atomic E-state index is 11.1. The number of rotatable bonds is 7. The molecule has 3 N–H and O–H groups in total. The van der Waals surface area contributed by atoms with E-state index in [1.807, 2.05) is 0 Å². The smallest absolute Gasteiger partial charge is 0.277 e. The van der Waals surface area contributed by atoms with E-state index in [0.29, 0.717) is 11.9 Å². The number of hydrogen-bond donors (Lipinski definition) is 2. The molecule has 6 nitrogen and oxygen atoms in total. The third-order valence-corrected chi connectivity index (χ3v) is 3.54. The molecule has 6 heteroatoms. The summed E-state index contributed by atoms with van der Waals surface area (Å²) < 4.78 is 0. The second-order valence-corrected chi connectivity index (χ2v) is 5.03. The highest BCUT2D eigenvalue weighted by molar-refractivity contribution is 5.99. The lowest BCUT2D eigenvalue weighted by Gasteiger charge is -2.19. The number of nitrogens with zero attached hydrogens (tertiary/aromatic N) is 2. The molecule has 1 aromatic carbocycles. The minimum atomic E-state index is -0.371. The second kappa shape index (κ2) is 6.99. The van der Waals surface area contributed by atoms with Crippen LogP contribution in [0.5, 0.6) is 0 Å². The van der Waals surface area contributed by atoms with Crippen molar-refractivity contribution < 1.29 is 4.92 Å². The van der Waals surface area contributed by atoms with Gasteiger partial charge >= 0.3 is 0 Å². The molecule has 112 valence electrons. The van der Waals surface area contributed by atoms with Crippen molar-refractivity contribution in [1.82, 2.24) is 4.98 Å². The average molecular weight is 288 g/mol. The molecule has 1 heterocycles. The first-order valence-electron chi connectivity index (χ1n) is 7.15. The highest BCUT2D eigenvalue weighted by atomic mass is 16.6. The number of nitrogens with two attached hydrogens (primary N) is 1. The van der Waals surface area contributed by atoms with E-state index in [1.54, 1.807) is 24.5 Å². The zero-order valence-corrected chi connectivity index (χ0v) is 12.1. The molecular weight excluding hydrogens is 268 g/mol. The average Bonchev–Trinajstić information content (AvgIpc) is 2.51. The van der Waals surface area contributed by atoms with Gasteiger partial charge in [0.05, 0.1) is 10.3 Å². The highest BCUT2D eigenvalue weighted by Crippen LogP contribution is 2.31. The van der Waals surface area contributed by atoms with Crippen LogP contribution in [-0.4, -0.2) is 22.5 Å². The number of fused-ring (bicyclic) bond motifs is 1. The van der Waals surface area contributed by atoms with Gasteiger partial charge in [0, 0.05) is 42.1 Å². The summed E-state index contributed by atoms with van der Waals surface area (Å²) in [6, 6.07) is 5.09. The summed E-state index contributed by atoms with van der Waals surface area (Å²) in [6.45, 7) is 2.66. The van der Waals surface area contributed by atoms with Gasteiger partial charge in [-0.3, -0.25) is 15.1 Å². The number of unbranched alkanes of at least 4 members (excludes halogenated alkanes) is 1. The first-order chi connectivity index (χ1) is 10.2. The van der Waals surface area contributed by atoms with Crippen LogP contribution in [0.3, 0.4) is 0 Å². The summed E-state index contributed by atoms with van der Waals surface area (Å²) in [7, 11) is 0. The van der Waals surface area contributed by atoms with Crippen LogP contribution < -0.4 is 11.1 Å². The number of non-ortho nitro benzene ring substituents is 1. The monoisotopic (exact) mass is 288 g/mol. The van der Waals surface area contributed by atoms with Crippen molar-refractivity contribution in [3.63, 3.8) is 0 Å². The minimum Gasteiger partial charge on any atom is -0.380 e. The molecule has 0 amide bonds. The van der Waals surface area contributed by atoms with E-state index < -0.39 is 0 Å². The zero-order chi connectivity index (χ0) is 15.2. The predicted molar refractivity (Wildman–Crippen MR) is 84.4 cm³/mol. The Hall–Kier alpha value is -2.21. The molecule has 0 bridgehead atoms. The Morgan fingerprint density at radius 1 is 1.38 bits per heavy atom. The van der Waals surface area contributed by atoms with Crippen molar-refractivity contribution in [3.8, 4) is 0 Å². The number of aromatic nitrogens is 1. The van der Waals surface area contributed by atoms with Gasteiger partial charge < -0.3 is 11.1 Å². The Morgan fingerprint density at radius 3 is 2.86 bits per heavy atom. The molecule has 0 fully saturated rings. The van der Waals surface area contributed by atoms with Gasteiger partial charge in [0.2, 0.25) is 0 Å². The number of hydrogen-bond acceptors (Lipinski definition) is 5. The molecular formula is C15H20N4O2. The van der Waals surface area contributed by atoms with Gasteiger partial charge in [0.25, 0.3) is 5.69 Å². The van der Waals surface area contributed by atoms with E-state index in [0.717, 1.165) is 30.3 Å². The summed E-state index contributed by atoms with van der Waals surface area (Å²) in [5.74, 6) is 0. The molecule has 0 aliphatic carbocycles. The molecule has 0 radical (unpaired) electrons. The minimum absolute atomic E-state index is 0.0933. The van der Waals surface area contributed by atoms with Crippen molar-refractivity contribution in [2.75, 3.05) is 11.9 Å². The van der Waals surface area contributed by atoms with E-state index in [-0.39, 0.29) is 16.7 Å². The van der Waals surface area contributed by atoms with E-state index in [4.69, 9.17) is 5.73 Å². The van der Waals surface area contributed by atoms with Crippen molar-refractivity contribution in [2.24, 2.45) is 5.73 Å². The quantitative estimate of drug-likeness (QED) is 0.603. The van der Waals surface area contributed by atoms with Crippen LogP contribution in [0.4, 0.5) is 11.4 Å². The summed E-state index contributed by atoms with van der Waals surface area (Å²) in [4.78, 5) is 14.8. The SMILES string of the molecule is CCCCC(CN)Nc1ccc([N+](=O)[O-])c2ccncc12. The standard InChI is InChI=1S/C15H20N4O2/c1-2-3-4-11(9-16)18-14-5-6-15(19(20)21)12-7-8-17-10-13(12)14/h5-8,10-11,18H,2-4,9,16H2,1H3. The molecule has 21 heavy (non-hydrogen) atoms. The fourth-order valence-corrected chi connectivity index (χ4v) is 2.38. The predicted octanol–water partition coefficient (Wildman–Crippen LogP) is 3.07. The first-order valence-corrected chi connectivity index (χ1v) is 7.15. The normalized spacial score (nSPS) is 12.3. The van der Waals surface area contributed by atoms with Crippen LogP contribution in [0.1, 0.15) is 26.2 Å². The largest absolute Gasteiger partial charge is 0.380 e.